The molecule has 0 aliphatic rings. The maximum Gasteiger partial charge on any atom is 0.0669 e. The molecule has 1 aromatic carbocycles. The molecule has 0 aliphatic carbocycles. The average molecular weight is 189 g/mol. The molecule has 14 heavy (non-hydrogen) atoms. The van der Waals surface area contributed by atoms with Crippen molar-refractivity contribution in [3.63, 3.8) is 0 Å². The van der Waals surface area contributed by atoms with Crippen molar-refractivity contribution in [2.45, 2.75) is 25.9 Å². The predicted octanol–water partition coefficient (Wildman–Crippen LogP) is 2.33. The lowest BCUT2D eigenvalue weighted by Crippen LogP contribution is -2.10. The van der Waals surface area contributed by atoms with E-state index >= 15 is 0 Å². The molecule has 0 heterocycles. The van der Waals surface area contributed by atoms with Crippen LogP contribution in [0.2, 0.25) is 0 Å². The first-order valence-electron chi connectivity index (χ1n) is 4.74. The Bertz CT molecular complexity index is 327. The van der Waals surface area contributed by atoms with E-state index in [1.807, 2.05) is 25.1 Å². The minimum absolute atomic E-state index is 0.204. The van der Waals surface area contributed by atoms with Gasteiger partial charge in [-0.25, -0.2) is 0 Å². The summed E-state index contributed by atoms with van der Waals surface area (Å²) in [5.41, 5.74) is 2.32. The van der Waals surface area contributed by atoms with Crippen LogP contribution in [0, 0.1) is 11.3 Å². The van der Waals surface area contributed by atoms with E-state index in [-0.39, 0.29) is 6.10 Å². The van der Waals surface area contributed by atoms with Crippen LogP contribution in [0.25, 0.3) is 0 Å². The lowest BCUT2D eigenvalue weighted by Gasteiger charge is -2.11. The number of hydrogen-bond donors (Lipinski definition) is 0. The lowest BCUT2D eigenvalue weighted by atomic mass is 10.0. The van der Waals surface area contributed by atoms with Crippen molar-refractivity contribution in [3.8, 4) is 6.07 Å². The second-order valence-electron chi connectivity index (χ2n) is 3.35. The van der Waals surface area contributed by atoms with E-state index in [1.54, 1.807) is 7.11 Å². The van der Waals surface area contributed by atoms with Gasteiger partial charge in [0.15, 0.2) is 0 Å². The number of ether oxygens (including phenoxy) is 1. The summed E-state index contributed by atoms with van der Waals surface area (Å²) in [6, 6.07) is 10.2. The molecule has 0 aliphatic heterocycles. The maximum absolute atomic E-state index is 8.65. The molecule has 1 atom stereocenters. The van der Waals surface area contributed by atoms with Crippen LogP contribution in [0.4, 0.5) is 0 Å². The minimum Gasteiger partial charge on any atom is -0.381 e. The molecule has 0 amide bonds. The van der Waals surface area contributed by atoms with Gasteiger partial charge in [0.2, 0.25) is 0 Å². The fraction of sp³-hybridized carbons (Fsp3) is 0.417. The summed E-state index contributed by atoms with van der Waals surface area (Å²) >= 11 is 0. The van der Waals surface area contributed by atoms with E-state index in [2.05, 4.69) is 12.1 Å². The Morgan fingerprint density at radius 1 is 1.36 bits per heavy atom. The van der Waals surface area contributed by atoms with E-state index in [4.69, 9.17) is 10.00 Å². The van der Waals surface area contributed by atoms with Gasteiger partial charge in [0.05, 0.1) is 18.6 Å². The van der Waals surface area contributed by atoms with E-state index in [1.165, 1.54) is 5.56 Å². The van der Waals surface area contributed by atoms with Crippen molar-refractivity contribution in [2.75, 3.05) is 7.11 Å². The van der Waals surface area contributed by atoms with Gasteiger partial charge in [-0.1, -0.05) is 24.3 Å². The number of nitrogens with zero attached hydrogens (tertiary/aromatic N) is 1. The third-order valence-electron chi connectivity index (χ3n) is 2.30. The molecule has 0 bridgehead atoms. The van der Waals surface area contributed by atoms with Crippen LogP contribution in [-0.2, 0) is 17.6 Å². The van der Waals surface area contributed by atoms with Gasteiger partial charge in [0.1, 0.15) is 0 Å². The molecule has 0 spiro atoms. The van der Waals surface area contributed by atoms with Crippen LogP contribution in [0.3, 0.4) is 0 Å². The SMILES string of the molecule is COC(C)Cc1ccccc1CC#N. The van der Waals surface area contributed by atoms with Gasteiger partial charge < -0.3 is 4.74 Å². The van der Waals surface area contributed by atoms with Gasteiger partial charge in [0, 0.05) is 7.11 Å². The van der Waals surface area contributed by atoms with Crippen LogP contribution < -0.4 is 0 Å². The van der Waals surface area contributed by atoms with E-state index < -0.39 is 0 Å². The first kappa shape index (κ1) is 10.7. The molecule has 1 unspecified atom stereocenters. The number of nitriles is 1. The molecule has 2 heteroatoms. The standard InChI is InChI=1S/C12H15NO/c1-10(14-2)9-12-6-4-3-5-11(12)7-8-13/h3-6,10H,7,9H2,1-2H3. The van der Waals surface area contributed by atoms with Crippen molar-refractivity contribution in [1.29, 1.82) is 5.26 Å². The smallest absolute Gasteiger partial charge is 0.0669 e. The number of methoxy groups -OCH3 is 1. The predicted molar refractivity (Wildman–Crippen MR) is 55.9 cm³/mol. The summed E-state index contributed by atoms with van der Waals surface area (Å²) in [6.45, 7) is 2.03. The molecular formula is C12H15NO. The summed E-state index contributed by atoms with van der Waals surface area (Å²) in [6.07, 6.45) is 1.55. The minimum atomic E-state index is 0.204. The monoisotopic (exact) mass is 189 g/mol. The van der Waals surface area contributed by atoms with Gasteiger partial charge in [-0.05, 0) is 24.5 Å². The van der Waals surface area contributed by atoms with Crippen LogP contribution in [-0.4, -0.2) is 13.2 Å². The van der Waals surface area contributed by atoms with Crippen LogP contribution >= 0.6 is 0 Å². The van der Waals surface area contributed by atoms with Gasteiger partial charge in [-0.3, -0.25) is 0 Å². The topological polar surface area (TPSA) is 33.0 Å². The zero-order valence-electron chi connectivity index (χ0n) is 8.66. The molecule has 2 nitrogen and oxygen atoms in total. The fourth-order valence-corrected chi connectivity index (χ4v) is 1.41. The highest BCUT2D eigenvalue weighted by molar-refractivity contribution is 5.29. The van der Waals surface area contributed by atoms with Crippen LogP contribution in [0.5, 0.6) is 0 Å². The summed E-state index contributed by atoms with van der Waals surface area (Å²) in [4.78, 5) is 0. The molecule has 1 rings (SSSR count). The molecule has 74 valence electrons. The molecule has 1 aromatic rings. The van der Waals surface area contributed by atoms with E-state index in [9.17, 15) is 0 Å². The highest BCUT2D eigenvalue weighted by Gasteiger charge is 2.05. The zero-order valence-corrected chi connectivity index (χ0v) is 8.66. The second kappa shape index (κ2) is 5.41. The van der Waals surface area contributed by atoms with E-state index in [0.29, 0.717) is 6.42 Å². The Morgan fingerprint density at radius 2 is 2.00 bits per heavy atom. The normalized spacial score (nSPS) is 12.1. The number of benzene rings is 1. The summed E-state index contributed by atoms with van der Waals surface area (Å²) < 4.78 is 5.20. The van der Waals surface area contributed by atoms with Crippen molar-refractivity contribution in [3.05, 3.63) is 35.4 Å². The molecule has 0 radical (unpaired) electrons. The number of rotatable bonds is 4. The van der Waals surface area contributed by atoms with E-state index in [0.717, 1.165) is 12.0 Å². The largest absolute Gasteiger partial charge is 0.381 e. The molecule has 0 N–H and O–H groups in total. The number of hydrogen-bond acceptors (Lipinski definition) is 2. The zero-order chi connectivity index (χ0) is 10.4. The average Bonchev–Trinajstić information content (AvgIpc) is 2.21. The highest BCUT2D eigenvalue weighted by atomic mass is 16.5. The molecule has 0 saturated heterocycles. The first-order valence-corrected chi connectivity index (χ1v) is 4.74. The summed E-state index contributed by atoms with van der Waals surface area (Å²) in [5, 5.41) is 8.65. The third-order valence-corrected chi connectivity index (χ3v) is 2.30. The van der Waals surface area contributed by atoms with Crippen LogP contribution in [0.1, 0.15) is 18.1 Å². The fourth-order valence-electron chi connectivity index (χ4n) is 1.41. The Labute approximate surface area is 85.1 Å². The van der Waals surface area contributed by atoms with Crippen molar-refractivity contribution >= 4 is 0 Å². The van der Waals surface area contributed by atoms with Gasteiger partial charge in [-0.2, -0.15) is 5.26 Å². The molecular weight excluding hydrogens is 174 g/mol. The van der Waals surface area contributed by atoms with Gasteiger partial charge >= 0.3 is 0 Å². The van der Waals surface area contributed by atoms with Crippen molar-refractivity contribution in [2.24, 2.45) is 0 Å². The summed E-state index contributed by atoms with van der Waals surface area (Å²) in [7, 11) is 1.71. The molecule has 0 aromatic heterocycles. The third kappa shape index (κ3) is 2.86. The van der Waals surface area contributed by atoms with Crippen LogP contribution in [0.15, 0.2) is 24.3 Å². The van der Waals surface area contributed by atoms with Gasteiger partial charge in [0.25, 0.3) is 0 Å². The Morgan fingerprint density at radius 3 is 2.57 bits per heavy atom. The lowest BCUT2D eigenvalue weighted by molar-refractivity contribution is 0.118. The van der Waals surface area contributed by atoms with Crippen molar-refractivity contribution in [1.82, 2.24) is 0 Å². The Hall–Kier alpha value is -1.33. The quantitative estimate of drug-likeness (QED) is 0.728. The van der Waals surface area contributed by atoms with Gasteiger partial charge in [-0.15, -0.1) is 0 Å². The Balaban J connectivity index is 2.79. The highest BCUT2D eigenvalue weighted by Crippen LogP contribution is 2.12. The first-order chi connectivity index (χ1) is 6.77. The molecule has 0 fully saturated rings. The Kier molecular flexibility index (Phi) is 4.15. The van der Waals surface area contributed by atoms with Crippen molar-refractivity contribution < 1.29 is 4.74 Å². The summed E-state index contributed by atoms with van der Waals surface area (Å²) in [5.74, 6) is 0. The second-order valence-corrected chi connectivity index (χ2v) is 3.35. The molecule has 0 saturated carbocycles. The maximum atomic E-state index is 8.65.